The van der Waals surface area contributed by atoms with Gasteiger partial charge in [-0.05, 0) is 19.9 Å². The number of aliphatic hydroxyl groups excluding tert-OH is 1. The molecule has 2 atom stereocenters. The van der Waals surface area contributed by atoms with E-state index in [1.165, 1.54) is 6.42 Å². The largest absolute Gasteiger partial charge is 0.394 e. The van der Waals surface area contributed by atoms with Crippen LogP contribution in [0, 0.1) is 0 Å². The van der Waals surface area contributed by atoms with Crippen molar-refractivity contribution in [3.63, 3.8) is 0 Å². The summed E-state index contributed by atoms with van der Waals surface area (Å²) in [4.78, 5) is 5.06. The topological polar surface area (TPSA) is 48.0 Å². The molecule has 0 bridgehead atoms. The van der Waals surface area contributed by atoms with E-state index in [1.54, 1.807) is 0 Å². The summed E-state index contributed by atoms with van der Waals surface area (Å²) in [7, 11) is 0. The van der Waals surface area contributed by atoms with Crippen molar-refractivity contribution in [2.24, 2.45) is 0 Å². The van der Waals surface area contributed by atoms with E-state index in [2.05, 4.69) is 35.9 Å². The zero-order chi connectivity index (χ0) is 14.6. The van der Waals surface area contributed by atoms with Crippen molar-refractivity contribution in [1.82, 2.24) is 15.1 Å². The highest BCUT2D eigenvalue weighted by atomic mass is 16.5. The molecule has 0 aromatic heterocycles. The van der Waals surface area contributed by atoms with Crippen molar-refractivity contribution < 1.29 is 9.84 Å². The molecule has 2 aliphatic rings. The minimum absolute atomic E-state index is 0.184. The Kier molecular flexibility index (Phi) is 5.81. The molecule has 2 rings (SSSR count). The van der Waals surface area contributed by atoms with E-state index in [-0.39, 0.29) is 12.1 Å². The Balaban J connectivity index is 1.82. The molecule has 0 aromatic rings. The van der Waals surface area contributed by atoms with Gasteiger partial charge in [-0.15, -0.1) is 0 Å². The lowest BCUT2D eigenvalue weighted by atomic mass is 10.0. The van der Waals surface area contributed by atoms with Crippen molar-refractivity contribution in [3.05, 3.63) is 0 Å². The summed E-state index contributed by atoms with van der Waals surface area (Å²) in [6, 6.07) is 1.06. The lowest BCUT2D eigenvalue weighted by molar-refractivity contribution is 0.0175. The van der Waals surface area contributed by atoms with Gasteiger partial charge in [-0.2, -0.15) is 0 Å². The van der Waals surface area contributed by atoms with Crippen LogP contribution in [0.1, 0.15) is 27.2 Å². The van der Waals surface area contributed by atoms with Crippen LogP contribution in [0.5, 0.6) is 0 Å². The number of nitrogens with one attached hydrogen (secondary N) is 1. The first-order valence-electron chi connectivity index (χ1n) is 7.95. The second-order valence-electron chi connectivity index (χ2n) is 6.84. The van der Waals surface area contributed by atoms with Crippen molar-refractivity contribution >= 4 is 0 Å². The molecular weight excluding hydrogens is 254 g/mol. The van der Waals surface area contributed by atoms with Crippen molar-refractivity contribution in [3.8, 4) is 0 Å². The number of nitrogens with zero attached hydrogens (tertiary/aromatic N) is 2. The Morgan fingerprint density at radius 2 is 2.00 bits per heavy atom. The molecule has 2 N–H and O–H groups in total. The molecule has 2 fully saturated rings. The number of likely N-dealkylation sites (tertiary alicyclic amines) is 1. The first-order chi connectivity index (χ1) is 9.52. The molecule has 5 heteroatoms. The Labute approximate surface area is 123 Å². The Morgan fingerprint density at radius 1 is 1.30 bits per heavy atom. The highest BCUT2D eigenvalue weighted by Crippen LogP contribution is 2.19. The maximum atomic E-state index is 9.69. The summed E-state index contributed by atoms with van der Waals surface area (Å²) in [6.45, 7) is 13.6. The van der Waals surface area contributed by atoms with Crippen LogP contribution in [0.25, 0.3) is 0 Å². The van der Waals surface area contributed by atoms with Gasteiger partial charge in [0.05, 0.1) is 25.4 Å². The molecule has 0 saturated carbocycles. The second-order valence-corrected chi connectivity index (χ2v) is 6.84. The monoisotopic (exact) mass is 285 g/mol. The van der Waals surface area contributed by atoms with Crippen LogP contribution in [-0.4, -0.2) is 85.1 Å². The van der Waals surface area contributed by atoms with E-state index < -0.39 is 0 Å². The summed E-state index contributed by atoms with van der Waals surface area (Å²) in [5.41, 5.74) is -0.200. The zero-order valence-electron chi connectivity index (χ0n) is 13.3. The molecule has 2 unspecified atom stereocenters. The van der Waals surface area contributed by atoms with Gasteiger partial charge in [-0.25, -0.2) is 0 Å². The van der Waals surface area contributed by atoms with Gasteiger partial charge in [0.2, 0.25) is 0 Å². The lowest BCUT2D eigenvalue weighted by Crippen LogP contribution is -2.56. The van der Waals surface area contributed by atoms with Crippen molar-refractivity contribution in [2.75, 3.05) is 52.5 Å². The summed E-state index contributed by atoms with van der Waals surface area (Å²) in [5.74, 6) is 0. The number of rotatable bonds is 6. The molecule has 20 heavy (non-hydrogen) atoms. The van der Waals surface area contributed by atoms with E-state index >= 15 is 0 Å². The van der Waals surface area contributed by atoms with E-state index in [9.17, 15) is 5.11 Å². The quantitative estimate of drug-likeness (QED) is 0.727. The third-order valence-electron chi connectivity index (χ3n) is 4.37. The number of hydrogen-bond donors (Lipinski definition) is 2. The molecule has 2 aliphatic heterocycles. The Bertz CT molecular complexity index is 295. The zero-order valence-corrected chi connectivity index (χ0v) is 13.3. The smallest absolute Gasteiger partial charge is 0.0623 e. The van der Waals surface area contributed by atoms with Crippen molar-refractivity contribution in [1.29, 1.82) is 0 Å². The predicted octanol–water partition coefficient (Wildman–Crippen LogP) is 0.142. The summed E-state index contributed by atoms with van der Waals surface area (Å²) in [6.07, 6.45) is 1.24. The molecule has 0 amide bonds. The van der Waals surface area contributed by atoms with E-state index in [0.29, 0.717) is 12.1 Å². The van der Waals surface area contributed by atoms with Gasteiger partial charge in [-0.3, -0.25) is 9.80 Å². The van der Waals surface area contributed by atoms with Gasteiger partial charge in [-0.1, -0.05) is 13.8 Å². The molecule has 118 valence electrons. The van der Waals surface area contributed by atoms with Crippen LogP contribution in [0.3, 0.4) is 0 Å². The molecule has 5 nitrogen and oxygen atoms in total. The minimum Gasteiger partial charge on any atom is -0.394 e. The molecule has 0 aromatic carbocycles. The molecular formula is C15H31N3O2. The van der Waals surface area contributed by atoms with Crippen LogP contribution < -0.4 is 5.32 Å². The molecule has 0 aliphatic carbocycles. The maximum absolute atomic E-state index is 9.69. The van der Waals surface area contributed by atoms with Crippen molar-refractivity contribution in [2.45, 2.75) is 44.8 Å². The second kappa shape index (κ2) is 7.18. The average Bonchev–Trinajstić information content (AvgIpc) is 2.87. The van der Waals surface area contributed by atoms with Gasteiger partial charge in [0.15, 0.2) is 0 Å². The third-order valence-corrected chi connectivity index (χ3v) is 4.37. The molecule has 0 spiro atoms. The van der Waals surface area contributed by atoms with Crippen LogP contribution in [0.4, 0.5) is 0 Å². The van der Waals surface area contributed by atoms with Crippen LogP contribution >= 0.6 is 0 Å². The Hall–Kier alpha value is -0.200. The summed E-state index contributed by atoms with van der Waals surface area (Å²) >= 11 is 0. The van der Waals surface area contributed by atoms with Gasteiger partial charge >= 0.3 is 0 Å². The average molecular weight is 285 g/mol. The summed E-state index contributed by atoms with van der Waals surface area (Å²) < 4.78 is 5.43. The summed E-state index contributed by atoms with van der Waals surface area (Å²) in [5, 5.41) is 13.2. The number of ether oxygens (including phenoxy) is 1. The van der Waals surface area contributed by atoms with Gasteiger partial charge < -0.3 is 15.2 Å². The first kappa shape index (κ1) is 16.2. The van der Waals surface area contributed by atoms with Gasteiger partial charge in [0.25, 0.3) is 0 Å². The maximum Gasteiger partial charge on any atom is 0.0623 e. The Morgan fingerprint density at radius 3 is 2.60 bits per heavy atom. The molecule has 0 radical (unpaired) electrons. The highest BCUT2D eigenvalue weighted by Gasteiger charge is 2.33. The van der Waals surface area contributed by atoms with Crippen LogP contribution in [0.2, 0.25) is 0 Å². The molecule has 2 heterocycles. The lowest BCUT2D eigenvalue weighted by Gasteiger charge is -2.36. The van der Waals surface area contributed by atoms with Gasteiger partial charge in [0.1, 0.15) is 0 Å². The first-order valence-corrected chi connectivity index (χ1v) is 7.95. The van der Waals surface area contributed by atoms with E-state index in [1.807, 2.05) is 0 Å². The normalized spacial score (nSPS) is 28.9. The number of morpholine rings is 1. The number of hydrogen-bond acceptors (Lipinski definition) is 5. The SMILES string of the molecule is CC(C)NC(C)(CO)CN1CCC(N2CCOCC2)C1. The fraction of sp³-hybridized carbons (Fsp3) is 1.00. The highest BCUT2D eigenvalue weighted by molar-refractivity contribution is 4.92. The molecule has 2 saturated heterocycles. The predicted molar refractivity (Wildman–Crippen MR) is 81.0 cm³/mol. The van der Waals surface area contributed by atoms with E-state index in [0.717, 1.165) is 45.9 Å². The van der Waals surface area contributed by atoms with Gasteiger partial charge in [0, 0.05) is 38.3 Å². The minimum atomic E-state index is -0.200. The van der Waals surface area contributed by atoms with Crippen LogP contribution in [-0.2, 0) is 4.74 Å². The standard InChI is InChI=1S/C15H31N3O2/c1-13(2)16-15(3,12-19)11-17-5-4-14(10-17)18-6-8-20-9-7-18/h13-14,16,19H,4-12H2,1-3H3. The number of aliphatic hydroxyl groups is 1. The van der Waals surface area contributed by atoms with Crippen LogP contribution in [0.15, 0.2) is 0 Å². The fourth-order valence-corrected chi connectivity index (χ4v) is 3.53. The fourth-order valence-electron chi connectivity index (χ4n) is 3.53. The van der Waals surface area contributed by atoms with E-state index in [4.69, 9.17) is 4.74 Å². The third kappa shape index (κ3) is 4.40.